The topological polar surface area (TPSA) is 50.7 Å². The van der Waals surface area contributed by atoms with Gasteiger partial charge in [-0.05, 0) is 24.4 Å². The van der Waals surface area contributed by atoms with E-state index in [9.17, 15) is 0 Å². The van der Waals surface area contributed by atoms with E-state index < -0.39 is 0 Å². The molecule has 2 N–H and O–H groups in total. The minimum absolute atomic E-state index is 0.245. The van der Waals surface area contributed by atoms with Gasteiger partial charge in [0.25, 0.3) is 0 Å². The summed E-state index contributed by atoms with van der Waals surface area (Å²) in [6, 6.07) is 7.43. The van der Waals surface area contributed by atoms with Gasteiger partial charge in [0.2, 0.25) is 0 Å². The number of halogens is 1. The number of allylic oxidation sites excluding steroid dienone is 1. The first-order chi connectivity index (χ1) is 7.27. The van der Waals surface area contributed by atoms with E-state index in [-0.39, 0.29) is 6.67 Å². The summed E-state index contributed by atoms with van der Waals surface area (Å²) in [5.74, 6) is 0. The molecule has 0 fully saturated rings. The molecule has 0 aromatic heterocycles. The number of nitrogens with two attached hydrogens (primary N) is 1. The van der Waals surface area contributed by atoms with Crippen molar-refractivity contribution >= 4 is 30.1 Å². The summed E-state index contributed by atoms with van der Waals surface area (Å²) in [4.78, 5) is 7.66. The van der Waals surface area contributed by atoms with Crippen LogP contribution < -0.4 is 5.73 Å². The lowest BCUT2D eigenvalue weighted by Crippen LogP contribution is -1.95. The molecule has 3 nitrogen and oxygen atoms in total. The van der Waals surface area contributed by atoms with Crippen LogP contribution in [0.3, 0.4) is 0 Å². The zero-order valence-corrected chi connectivity index (χ0v) is 8.98. The van der Waals surface area contributed by atoms with Crippen LogP contribution in [0.1, 0.15) is 5.56 Å². The monoisotopic (exact) mass is 221 g/mol. The number of rotatable bonds is 4. The van der Waals surface area contributed by atoms with Crippen molar-refractivity contribution in [1.29, 1.82) is 0 Å². The predicted molar refractivity (Wildman–Crippen MR) is 66.5 cm³/mol. The fraction of sp³-hybridized carbons (Fsp3) is 0.0909. The number of aliphatic imine (C=N–C) groups is 2. The fourth-order valence-corrected chi connectivity index (χ4v) is 1.29. The number of hydrogen-bond acceptors (Lipinski definition) is 3. The summed E-state index contributed by atoms with van der Waals surface area (Å²) in [5, 5.41) is 0.670. The Morgan fingerprint density at radius 3 is 2.93 bits per heavy atom. The molecule has 0 saturated carbocycles. The molecule has 0 unspecified atom stereocenters. The second-order valence-corrected chi connectivity index (χ2v) is 3.21. The second kappa shape index (κ2) is 6.11. The van der Waals surface area contributed by atoms with Crippen LogP contribution in [-0.2, 0) is 0 Å². The smallest absolute Gasteiger partial charge is 0.0859 e. The zero-order valence-electron chi connectivity index (χ0n) is 8.23. The number of hydrogen-bond donors (Lipinski definition) is 1. The van der Waals surface area contributed by atoms with Crippen LogP contribution in [0.2, 0.25) is 5.02 Å². The summed E-state index contributed by atoms with van der Waals surface area (Å²) in [6.45, 7) is 3.65. The first kappa shape index (κ1) is 11.6. The molecule has 0 aliphatic carbocycles. The maximum atomic E-state index is 5.88. The molecule has 0 bridgehead atoms. The minimum Gasteiger partial charge on any atom is -0.312 e. The predicted octanol–water partition coefficient (Wildman–Crippen LogP) is 2.37. The Bertz CT molecular complexity index is 397. The highest BCUT2D eigenvalue weighted by Crippen LogP contribution is 2.17. The third-order valence-corrected chi connectivity index (χ3v) is 1.96. The average Bonchev–Trinajstić information content (AvgIpc) is 2.24. The average molecular weight is 222 g/mol. The summed E-state index contributed by atoms with van der Waals surface area (Å²) in [7, 11) is 0. The number of benzene rings is 1. The third kappa shape index (κ3) is 3.65. The normalized spacial score (nSPS) is 12.0. The molecule has 1 rings (SSSR count). The second-order valence-electron chi connectivity index (χ2n) is 2.77. The molecular weight excluding hydrogens is 210 g/mol. The molecule has 0 amide bonds. The molecule has 0 saturated heterocycles. The highest BCUT2D eigenvalue weighted by atomic mass is 35.5. The van der Waals surface area contributed by atoms with Crippen molar-refractivity contribution in [1.82, 2.24) is 0 Å². The van der Waals surface area contributed by atoms with E-state index in [0.29, 0.717) is 5.02 Å². The standard InChI is InChI=1S/C11H12ClN3/c1-14-6-10(7-15-8-13)9-3-2-4-11(12)5-9/h2-7H,1,8,13H2/b10-6+,15-7-. The maximum absolute atomic E-state index is 5.88. The Morgan fingerprint density at radius 2 is 2.33 bits per heavy atom. The Labute approximate surface area is 94.0 Å². The molecule has 0 aliphatic rings. The van der Waals surface area contributed by atoms with E-state index in [1.165, 1.54) is 0 Å². The fourth-order valence-electron chi connectivity index (χ4n) is 1.10. The minimum atomic E-state index is 0.245. The lowest BCUT2D eigenvalue weighted by molar-refractivity contribution is 1.08. The lowest BCUT2D eigenvalue weighted by atomic mass is 10.1. The molecule has 0 spiro atoms. The largest absolute Gasteiger partial charge is 0.312 e. The van der Waals surface area contributed by atoms with Gasteiger partial charge in [0, 0.05) is 23.0 Å². The highest BCUT2D eigenvalue weighted by Gasteiger charge is 1.98. The highest BCUT2D eigenvalue weighted by molar-refractivity contribution is 6.31. The molecule has 15 heavy (non-hydrogen) atoms. The molecule has 1 aromatic carbocycles. The Morgan fingerprint density at radius 1 is 1.53 bits per heavy atom. The van der Waals surface area contributed by atoms with Gasteiger partial charge in [0.1, 0.15) is 0 Å². The van der Waals surface area contributed by atoms with Gasteiger partial charge < -0.3 is 5.73 Å². The Kier molecular flexibility index (Phi) is 4.74. The van der Waals surface area contributed by atoms with Gasteiger partial charge in [0.05, 0.1) is 6.67 Å². The molecule has 0 radical (unpaired) electrons. The Hall–Kier alpha value is -1.45. The quantitative estimate of drug-likeness (QED) is 0.780. The number of nitrogens with zero attached hydrogens (tertiary/aromatic N) is 2. The Balaban J connectivity index is 3.04. The summed E-state index contributed by atoms with van der Waals surface area (Å²) < 4.78 is 0. The van der Waals surface area contributed by atoms with Crippen molar-refractivity contribution in [2.24, 2.45) is 15.7 Å². The van der Waals surface area contributed by atoms with Crippen molar-refractivity contribution in [3.8, 4) is 0 Å². The molecule has 0 atom stereocenters. The SMILES string of the molecule is C=N/C=C(\C=N/CN)c1cccc(Cl)c1. The zero-order chi connectivity index (χ0) is 11.1. The first-order valence-electron chi connectivity index (χ1n) is 4.39. The maximum Gasteiger partial charge on any atom is 0.0859 e. The van der Waals surface area contributed by atoms with E-state index >= 15 is 0 Å². The van der Waals surface area contributed by atoms with Gasteiger partial charge in [-0.3, -0.25) is 9.98 Å². The molecule has 1 aromatic rings. The van der Waals surface area contributed by atoms with Crippen LogP contribution in [0.4, 0.5) is 0 Å². The van der Waals surface area contributed by atoms with Crippen molar-refractivity contribution in [2.45, 2.75) is 0 Å². The van der Waals surface area contributed by atoms with E-state index in [2.05, 4.69) is 16.7 Å². The third-order valence-electron chi connectivity index (χ3n) is 1.72. The molecule has 0 heterocycles. The van der Waals surface area contributed by atoms with Crippen LogP contribution in [0.15, 0.2) is 40.5 Å². The van der Waals surface area contributed by atoms with Crippen LogP contribution in [0.25, 0.3) is 5.57 Å². The van der Waals surface area contributed by atoms with E-state index in [1.54, 1.807) is 12.4 Å². The summed E-state index contributed by atoms with van der Waals surface area (Å²) in [6.07, 6.45) is 3.27. The van der Waals surface area contributed by atoms with E-state index in [1.807, 2.05) is 24.3 Å². The van der Waals surface area contributed by atoms with Gasteiger partial charge in [-0.1, -0.05) is 23.7 Å². The van der Waals surface area contributed by atoms with Gasteiger partial charge in [-0.25, -0.2) is 0 Å². The van der Waals surface area contributed by atoms with Gasteiger partial charge in [0.15, 0.2) is 0 Å². The van der Waals surface area contributed by atoms with Crippen molar-refractivity contribution in [3.63, 3.8) is 0 Å². The summed E-state index contributed by atoms with van der Waals surface area (Å²) in [5.41, 5.74) is 7.05. The molecule has 78 valence electrons. The van der Waals surface area contributed by atoms with Crippen LogP contribution in [-0.4, -0.2) is 19.6 Å². The van der Waals surface area contributed by atoms with Crippen LogP contribution >= 0.6 is 11.6 Å². The lowest BCUT2D eigenvalue weighted by Gasteiger charge is -2.01. The summed E-state index contributed by atoms with van der Waals surface area (Å²) >= 11 is 5.88. The van der Waals surface area contributed by atoms with E-state index in [4.69, 9.17) is 17.3 Å². The molecule has 4 heteroatoms. The van der Waals surface area contributed by atoms with Gasteiger partial charge in [-0.2, -0.15) is 0 Å². The van der Waals surface area contributed by atoms with Crippen LogP contribution in [0, 0.1) is 0 Å². The van der Waals surface area contributed by atoms with E-state index in [0.717, 1.165) is 11.1 Å². The molecular formula is C11H12ClN3. The molecule has 0 aliphatic heterocycles. The van der Waals surface area contributed by atoms with Gasteiger partial charge in [-0.15, -0.1) is 0 Å². The van der Waals surface area contributed by atoms with Crippen molar-refractivity contribution < 1.29 is 0 Å². The van der Waals surface area contributed by atoms with Gasteiger partial charge >= 0.3 is 0 Å². The van der Waals surface area contributed by atoms with Crippen molar-refractivity contribution in [2.75, 3.05) is 6.67 Å². The van der Waals surface area contributed by atoms with Crippen LogP contribution in [0.5, 0.6) is 0 Å². The first-order valence-corrected chi connectivity index (χ1v) is 4.77. The van der Waals surface area contributed by atoms with Crippen molar-refractivity contribution in [3.05, 3.63) is 41.1 Å².